The molecule has 0 radical (unpaired) electrons. The highest BCUT2D eigenvalue weighted by Crippen LogP contribution is 2.02. The zero-order valence-corrected chi connectivity index (χ0v) is 15.5. The molecular weight excluding hydrogens is 300 g/mol. The quantitative estimate of drug-likeness (QED) is 0.416. The summed E-state index contributed by atoms with van der Waals surface area (Å²) in [5.74, 6) is -0.505. The number of nitrogens with two attached hydrogens (primary N) is 1. The molecule has 4 heteroatoms. The number of nitrogens with zero attached hydrogens (tertiary/aromatic N) is 1. The number of carbonyl (C=O) groups is 2. The second kappa shape index (κ2) is 86.2. The van der Waals surface area contributed by atoms with Crippen LogP contribution < -0.4 is 5.73 Å². The molecule has 0 saturated heterocycles. The molecular formula is C20H38N2O2. The van der Waals surface area contributed by atoms with Crippen LogP contribution in [0.25, 0.3) is 5.32 Å². The van der Waals surface area contributed by atoms with Gasteiger partial charge in [0.25, 0.3) is 0 Å². The molecule has 0 spiro atoms. The largest absolute Gasteiger partial charge is 0.650 e. The van der Waals surface area contributed by atoms with E-state index in [1.807, 2.05) is 0 Å². The molecule has 1 amide bonds. The van der Waals surface area contributed by atoms with E-state index in [1.165, 1.54) is 0 Å². The Kier molecular flexibility index (Phi) is 154. The van der Waals surface area contributed by atoms with Crippen molar-refractivity contribution in [1.82, 2.24) is 0 Å². The van der Waals surface area contributed by atoms with Gasteiger partial charge in [-0.05, 0) is 6.42 Å². The third kappa shape index (κ3) is 118. The van der Waals surface area contributed by atoms with Crippen LogP contribution in [0, 0.1) is 20.8 Å². The minimum Gasteiger partial charge on any atom is -0.650 e. The molecule has 0 aromatic carbocycles. The zero-order chi connectivity index (χ0) is 21.4. The molecule has 0 aliphatic heterocycles. The first kappa shape index (κ1) is 43.0. The van der Waals surface area contributed by atoms with Crippen LogP contribution in [-0.2, 0) is 9.59 Å². The number of rotatable bonds is 6. The number of hydrogen-bond acceptors (Lipinski definition) is 2. The normalized spacial score (nSPS) is 7.21. The lowest BCUT2D eigenvalue weighted by Gasteiger charge is -2.22. The molecule has 2 N–H and O–H groups in total. The first-order valence-electron chi connectivity index (χ1n) is 6.90. The molecule has 0 unspecified atom stereocenters. The van der Waals surface area contributed by atoms with Crippen LogP contribution in [0.3, 0.4) is 0 Å². The number of aldehydes is 1. The summed E-state index contributed by atoms with van der Waals surface area (Å²) in [5, 5.41) is 3.87. The van der Waals surface area contributed by atoms with Gasteiger partial charge in [0.1, 0.15) is 6.29 Å². The molecule has 0 fully saturated rings. The first-order chi connectivity index (χ1) is 11.6. The van der Waals surface area contributed by atoms with E-state index in [2.05, 4.69) is 91.9 Å². The Morgan fingerprint density at radius 2 is 1.29 bits per heavy atom. The SMILES string of the molecule is C=C.C=C.C=C.C=C.C=C.[CH2+]CC[N-][C@@H](C=O)CC(N)=O.[CH2+]C[CH2-]. The maximum Gasteiger partial charge on any atom is 0.216 e. The Bertz CT molecular complexity index is 198. The number of carbonyl (C=O) groups excluding carboxylic acids is 2. The van der Waals surface area contributed by atoms with E-state index >= 15 is 0 Å². The summed E-state index contributed by atoms with van der Waals surface area (Å²) in [6.07, 6.45) is 2.01. The monoisotopic (exact) mass is 338 g/mol. The van der Waals surface area contributed by atoms with Gasteiger partial charge < -0.3 is 15.8 Å². The molecule has 0 heterocycles. The first-order valence-corrected chi connectivity index (χ1v) is 6.90. The second-order valence-electron chi connectivity index (χ2n) is 2.49. The Balaban J connectivity index is -0.0000000371. The minimum atomic E-state index is -0.575. The molecule has 0 aliphatic carbocycles. The van der Waals surface area contributed by atoms with Crippen molar-refractivity contribution >= 4 is 12.2 Å². The topological polar surface area (TPSA) is 74.3 Å². The predicted molar refractivity (Wildman–Crippen MR) is 113 cm³/mol. The molecule has 0 saturated carbocycles. The third-order valence-corrected chi connectivity index (χ3v) is 1.09. The maximum absolute atomic E-state index is 10.3. The van der Waals surface area contributed by atoms with Crippen molar-refractivity contribution in [1.29, 1.82) is 0 Å². The molecule has 0 aromatic heterocycles. The standard InChI is InChI=1S/C7H12N2O2.C3H6.5C2H4/c1-2-3-9-6(5-10)4-7(8)11;1-3-2;5*1-2/h5-6H,1-4H2,(H2,8,11);1-3H2;5*1-2H2/t6-;;;;;;/m1....../s1. The Morgan fingerprint density at radius 1 is 1.00 bits per heavy atom. The van der Waals surface area contributed by atoms with Crippen LogP contribution in [0.2, 0.25) is 0 Å². The van der Waals surface area contributed by atoms with Crippen molar-refractivity contribution < 1.29 is 9.59 Å². The van der Waals surface area contributed by atoms with Gasteiger partial charge >= 0.3 is 0 Å². The molecule has 0 rings (SSSR count). The van der Waals surface area contributed by atoms with Crippen LogP contribution in [0.1, 0.15) is 19.3 Å². The smallest absolute Gasteiger partial charge is 0.216 e. The average molecular weight is 339 g/mol. The van der Waals surface area contributed by atoms with Gasteiger partial charge in [0.2, 0.25) is 5.91 Å². The van der Waals surface area contributed by atoms with Crippen molar-refractivity contribution in [3.63, 3.8) is 0 Å². The van der Waals surface area contributed by atoms with Crippen LogP contribution in [-0.4, -0.2) is 24.8 Å². The maximum atomic E-state index is 10.3. The molecule has 140 valence electrons. The predicted octanol–water partition coefficient (Wildman–Crippen LogP) is 5.08. The van der Waals surface area contributed by atoms with Crippen molar-refractivity contribution in [2.45, 2.75) is 25.3 Å². The highest BCUT2D eigenvalue weighted by molar-refractivity contribution is 5.79. The van der Waals surface area contributed by atoms with E-state index in [-0.39, 0.29) is 6.42 Å². The van der Waals surface area contributed by atoms with Gasteiger partial charge in [-0.2, -0.15) is 0 Å². The average Bonchev–Trinajstić information content (AvgIpc) is 2.67. The highest BCUT2D eigenvalue weighted by Gasteiger charge is 1.99. The van der Waals surface area contributed by atoms with Crippen LogP contribution in [0.4, 0.5) is 0 Å². The summed E-state index contributed by atoms with van der Waals surface area (Å²) in [6, 6.07) is -0.575. The zero-order valence-electron chi connectivity index (χ0n) is 15.5. The number of primary amides is 1. The van der Waals surface area contributed by atoms with Gasteiger partial charge in [-0.15, -0.1) is 72.3 Å². The molecule has 0 bridgehead atoms. The van der Waals surface area contributed by atoms with E-state index in [9.17, 15) is 9.59 Å². The lowest BCUT2D eigenvalue weighted by molar-refractivity contribution is -0.120. The van der Waals surface area contributed by atoms with Crippen molar-refractivity contribution in [3.8, 4) is 0 Å². The number of amides is 1. The van der Waals surface area contributed by atoms with Crippen LogP contribution >= 0.6 is 0 Å². The number of hydrogen-bond donors (Lipinski definition) is 1. The fourth-order valence-electron chi connectivity index (χ4n) is 0.619. The van der Waals surface area contributed by atoms with Crippen molar-refractivity contribution in [2.75, 3.05) is 6.54 Å². The summed E-state index contributed by atoms with van der Waals surface area (Å²) in [4.78, 5) is 20.5. The van der Waals surface area contributed by atoms with Gasteiger partial charge in [0, 0.05) is 13.3 Å². The Hall–Kier alpha value is -2.46. The van der Waals surface area contributed by atoms with Gasteiger partial charge in [-0.1, -0.05) is 6.04 Å². The van der Waals surface area contributed by atoms with E-state index < -0.39 is 11.9 Å². The molecule has 1 atom stereocenters. The fourth-order valence-corrected chi connectivity index (χ4v) is 0.619. The summed E-state index contributed by atoms with van der Waals surface area (Å²) in [5.41, 5.74) is 4.87. The highest BCUT2D eigenvalue weighted by atomic mass is 16.1. The van der Waals surface area contributed by atoms with Gasteiger partial charge in [-0.25, -0.2) is 0 Å². The van der Waals surface area contributed by atoms with E-state index in [1.54, 1.807) is 0 Å². The third-order valence-electron chi connectivity index (χ3n) is 1.09. The molecule has 24 heavy (non-hydrogen) atoms. The van der Waals surface area contributed by atoms with E-state index in [0.717, 1.165) is 6.42 Å². The molecule has 0 aliphatic rings. The summed E-state index contributed by atoms with van der Waals surface area (Å²) < 4.78 is 0. The van der Waals surface area contributed by atoms with E-state index in [0.29, 0.717) is 19.3 Å². The summed E-state index contributed by atoms with van der Waals surface area (Å²) >= 11 is 0. The van der Waals surface area contributed by atoms with Gasteiger partial charge in [-0.3, -0.25) is 11.7 Å². The molecule has 4 nitrogen and oxygen atoms in total. The van der Waals surface area contributed by atoms with Crippen LogP contribution in [0.5, 0.6) is 0 Å². The van der Waals surface area contributed by atoms with Gasteiger partial charge in [0.05, 0.1) is 13.3 Å². The summed E-state index contributed by atoms with van der Waals surface area (Å²) in [7, 11) is 0. The van der Waals surface area contributed by atoms with Crippen LogP contribution in [0.15, 0.2) is 65.8 Å². The fraction of sp³-hybridized carbons (Fsp3) is 0.250. The van der Waals surface area contributed by atoms with Crippen molar-refractivity contribution in [2.24, 2.45) is 5.73 Å². The van der Waals surface area contributed by atoms with Gasteiger partial charge in [0.15, 0.2) is 0 Å². The Labute approximate surface area is 151 Å². The lowest BCUT2D eigenvalue weighted by Crippen LogP contribution is -2.21. The Morgan fingerprint density at radius 3 is 1.46 bits per heavy atom. The van der Waals surface area contributed by atoms with Crippen molar-refractivity contribution in [3.05, 3.63) is 91.9 Å². The second-order valence-corrected chi connectivity index (χ2v) is 2.49. The molecule has 0 aromatic rings. The lowest BCUT2D eigenvalue weighted by atomic mass is 10.2. The summed E-state index contributed by atoms with van der Waals surface area (Å²) in [6.45, 7) is 40.8. The minimum absolute atomic E-state index is 0.00347. The van der Waals surface area contributed by atoms with E-state index in [4.69, 9.17) is 5.73 Å².